The molecule has 0 aliphatic heterocycles. The Labute approximate surface area is 140 Å². The maximum atomic E-state index is 12.3. The molecule has 2 rings (SSSR count). The Morgan fingerprint density at radius 3 is 2.04 bits per heavy atom. The smallest absolute Gasteiger partial charge is 0.309 e. The summed E-state index contributed by atoms with van der Waals surface area (Å²) in [5.74, 6) is 0.178. The average molecular weight is 333 g/mol. The van der Waals surface area contributed by atoms with Crippen molar-refractivity contribution in [2.24, 2.45) is 0 Å². The van der Waals surface area contributed by atoms with E-state index in [0.29, 0.717) is 21.9 Å². The Kier molecular flexibility index (Phi) is 5.77. The molecule has 0 saturated heterocycles. The number of ether oxygens (including phenoxy) is 2. The van der Waals surface area contributed by atoms with E-state index in [4.69, 9.17) is 16.3 Å². The van der Waals surface area contributed by atoms with Gasteiger partial charge in [-0.1, -0.05) is 11.6 Å². The minimum atomic E-state index is -0.327. The van der Waals surface area contributed by atoms with Gasteiger partial charge in [-0.25, -0.2) is 0 Å². The highest BCUT2D eigenvalue weighted by Crippen LogP contribution is 2.18. The van der Waals surface area contributed by atoms with Crippen LogP contribution < -0.4 is 4.74 Å². The summed E-state index contributed by atoms with van der Waals surface area (Å²) in [5.41, 5.74) is 1.13. The Morgan fingerprint density at radius 1 is 1.00 bits per heavy atom. The largest absolute Gasteiger partial charge is 0.490 e. The molecule has 0 heterocycles. The summed E-state index contributed by atoms with van der Waals surface area (Å²) >= 11 is 5.82. The van der Waals surface area contributed by atoms with Crippen LogP contribution in [0.2, 0.25) is 5.02 Å². The number of methoxy groups -OCH3 is 1. The van der Waals surface area contributed by atoms with Gasteiger partial charge in [0.15, 0.2) is 5.78 Å². The number of halogens is 1. The summed E-state index contributed by atoms with van der Waals surface area (Å²) < 4.78 is 10.2. The van der Waals surface area contributed by atoms with Gasteiger partial charge in [-0.3, -0.25) is 9.59 Å². The third kappa shape index (κ3) is 4.83. The van der Waals surface area contributed by atoms with Crippen molar-refractivity contribution in [3.63, 3.8) is 0 Å². The van der Waals surface area contributed by atoms with Crippen LogP contribution >= 0.6 is 11.6 Å². The molecule has 0 spiro atoms. The maximum absolute atomic E-state index is 12.3. The van der Waals surface area contributed by atoms with Crippen LogP contribution in [0, 0.1) is 0 Å². The zero-order valence-electron chi connectivity index (χ0n) is 12.9. The molecular weight excluding hydrogens is 316 g/mol. The van der Waals surface area contributed by atoms with Gasteiger partial charge >= 0.3 is 5.97 Å². The van der Waals surface area contributed by atoms with Crippen molar-refractivity contribution in [2.75, 3.05) is 7.11 Å². The van der Waals surface area contributed by atoms with Crippen LogP contribution in [0.4, 0.5) is 0 Å². The van der Waals surface area contributed by atoms with Gasteiger partial charge in [0.2, 0.25) is 0 Å². The number of hydrogen-bond acceptors (Lipinski definition) is 4. The molecule has 0 aromatic heterocycles. The molecule has 120 valence electrons. The number of carbonyl (C=O) groups is 2. The van der Waals surface area contributed by atoms with Gasteiger partial charge in [0.25, 0.3) is 0 Å². The van der Waals surface area contributed by atoms with Crippen LogP contribution in [0.25, 0.3) is 0 Å². The van der Waals surface area contributed by atoms with Crippen molar-refractivity contribution in [3.8, 4) is 5.75 Å². The Hall–Kier alpha value is -2.33. The van der Waals surface area contributed by atoms with Crippen molar-refractivity contribution in [3.05, 3.63) is 64.7 Å². The van der Waals surface area contributed by atoms with Gasteiger partial charge in [0.1, 0.15) is 11.9 Å². The summed E-state index contributed by atoms with van der Waals surface area (Å²) in [5, 5.41) is 0.588. The highest BCUT2D eigenvalue weighted by atomic mass is 35.5. The first-order valence-corrected chi connectivity index (χ1v) is 7.51. The van der Waals surface area contributed by atoms with Gasteiger partial charge in [-0.05, 0) is 55.5 Å². The van der Waals surface area contributed by atoms with E-state index in [1.165, 1.54) is 7.11 Å². The second-order valence-electron chi connectivity index (χ2n) is 5.07. The molecule has 0 saturated carbocycles. The third-order valence-electron chi connectivity index (χ3n) is 3.24. The van der Waals surface area contributed by atoms with Gasteiger partial charge in [-0.15, -0.1) is 0 Å². The molecule has 5 heteroatoms. The number of carbonyl (C=O) groups excluding carboxylic acids is 2. The lowest BCUT2D eigenvalue weighted by atomic mass is 10.0. The molecule has 0 fully saturated rings. The van der Waals surface area contributed by atoms with Crippen LogP contribution in [0.3, 0.4) is 0 Å². The molecule has 2 aromatic carbocycles. The van der Waals surface area contributed by atoms with Gasteiger partial charge in [-0.2, -0.15) is 0 Å². The maximum Gasteiger partial charge on any atom is 0.309 e. The van der Waals surface area contributed by atoms with E-state index in [-0.39, 0.29) is 24.3 Å². The Balaban J connectivity index is 2.03. The highest BCUT2D eigenvalue weighted by molar-refractivity contribution is 6.30. The van der Waals surface area contributed by atoms with Crippen molar-refractivity contribution in [1.29, 1.82) is 0 Å². The van der Waals surface area contributed by atoms with Gasteiger partial charge < -0.3 is 9.47 Å². The lowest BCUT2D eigenvalue weighted by Crippen LogP contribution is -2.17. The zero-order valence-corrected chi connectivity index (χ0v) is 13.7. The first-order chi connectivity index (χ1) is 11.0. The van der Waals surface area contributed by atoms with Crippen molar-refractivity contribution in [1.82, 2.24) is 0 Å². The molecule has 0 bridgehead atoms. The van der Waals surface area contributed by atoms with E-state index in [1.54, 1.807) is 55.5 Å². The van der Waals surface area contributed by atoms with Crippen LogP contribution in [-0.4, -0.2) is 25.0 Å². The van der Waals surface area contributed by atoms with Crippen molar-refractivity contribution in [2.45, 2.75) is 19.4 Å². The Morgan fingerprint density at radius 2 is 1.52 bits per heavy atom. The van der Waals surface area contributed by atoms with Crippen LogP contribution in [0.15, 0.2) is 48.5 Å². The summed E-state index contributed by atoms with van der Waals surface area (Å²) in [7, 11) is 1.34. The summed E-state index contributed by atoms with van der Waals surface area (Å²) in [6.07, 6.45) is -0.137. The van der Waals surface area contributed by atoms with Crippen LogP contribution in [0.5, 0.6) is 5.75 Å². The fourth-order valence-electron chi connectivity index (χ4n) is 2.04. The standard InChI is InChI=1S/C18H17ClO4/c1-12(11-17(20)22-2)23-16-9-5-14(6-10-16)18(21)13-3-7-15(19)8-4-13/h3-10,12H,11H2,1-2H3. The summed E-state index contributed by atoms with van der Waals surface area (Å²) in [4.78, 5) is 23.5. The second kappa shape index (κ2) is 7.79. The normalized spacial score (nSPS) is 11.6. The molecule has 2 aromatic rings. The molecule has 0 N–H and O–H groups in total. The van der Waals surface area contributed by atoms with E-state index >= 15 is 0 Å². The van der Waals surface area contributed by atoms with Gasteiger partial charge in [0, 0.05) is 16.1 Å². The first kappa shape index (κ1) is 17.0. The fourth-order valence-corrected chi connectivity index (χ4v) is 2.17. The zero-order chi connectivity index (χ0) is 16.8. The van der Waals surface area contributed by atoms with Crippen molar-refractivity contribution >= 4 is 23.4 Å². The van der Waals surface area contributed by atoms with E-state index in [0.717, 1.165) is 0 Å². The highest BCUT2D eigenvalue weighted by Gasteiger charge is 2.12. The van der Waals surface area contributed by atoms with E-state index < -0.39 is 0 Å². The topological polar surface area (TPSA) is 52.6 Å². The minimum absolute atomic E-state index is 0.0872. The van der Waals surface area contributed by atoms with Gasteiger partial charge in [0.05, 0.1) is 13.5 Å². The van der Waals surface area contributed by atoms with E-state index in [1.807, 2.05) is 0 Å². The predicted molar refractivity (Wildman–Crippen MR) is 88.0 cm³/mol. The molecule has 0 aliphatic carbocycles. The third-order valence-corrected chi connectivity index (χ3v) is 3.49. The molecule has 0 amide bonds. The Bertz CT molecular complexity index is 677. The fraction of sp³-hybridized carbons (Fsp3) is 0.222. The van der Waals surface area contributed by atoms with Crippen LogP contribution in [-0.2, 0) is 9.53 Å². The lowest BCUT2D eigenvalue weighted by molar-refractivity contribution is -0.142. The van der Waals surface area contributed by atoms with E-state index in [2.05, 4.69) is 4.74 Å². The molecular formula is C18H17ClO4. The first-order valence-electron chi connectivity index (χ1n) is 7.13. The molecule has 1 unspecified atom stereocenters. The van der Waals surface area contributed by atoms with E-state index in [9.17, 15) is 9.59 Å². The summed E-state index contributed by atoms with van der Waals surface area (Å²) in [6.45, 7) is 1.78. The van der Waals surface area contributed by atoms with Crippen LogP contribution in [0.1, 0.15) is 29.3 Å². The number of esters is 1. The molecule has 0 aliphatic rings. The molecule has 4 nitrogen and oxygen atoms in total. The predicted octanol–water partition coefficient (Wildman–Crippen LogP) is 3.90. The number of rotatable bonds is 6. The monoisotopic (exact) mass is 332 g/mol. The minimum Gasteiger partial charge on any atom is -0.490 e. The number of ketones is 1. The number of benzene rings is 2. The molecule has 1 atom stereocenters. The average Bonchev–Trinajstić information content (AvgIpc) is 2.55. The molecule has 0 radical (unpaired) electrons. The lowest BCUT2D eigenvalue weighted by Gasteiger charge is -2.13. The SMILES string of the molecule is COC(=O)CC(C)Oc1ccc(C(=O)c2ccc(Cl)cc2)cc1. The summed E-state index contributed by atoms with van der Waals surface area (Å²) in [6, 6.07) is 13.5. The van der Waals surface area contributed by atoms with Crippen molar-refractivity contribution < 1.29 is 19.1 Å². The number of hydrogen-bond donors (Lipinski definition) is 0. The molecule has 23 heavy (non-hydrogen) atoms. The second-order valence-corrected chi connectivity index (χ2v) is 5.51. The quantitative estimate of drug-likeness (QED) is 0.594.